The zero-order chi connectivity index (χ0) is 27.7. The first kappa shape index (κ1) is 26.1. The second kappa shape index (κ2) is 10.3. The summed E-state index contributed by atoms with van der Waals surface area (Å²) in [7, 11) is 0. The molecular weight excluding hydrogens is 500 g/mol. The van der Waals surface area contributed by atoms with E-state index >= 15 is 0 Å². The second-order valence-electron chi connectivity index (χ2n) is 10.5. The molecule has 1 aliphatic rings. The molecule has 1 aliphatic heterocycles. The fraction of sp³-hybridized carbons (Fsp3) is 0.357. The molecule has 1 atom stereocenters. The highest BCUT2D eigenvalue weighted by Crippen LogP contribution is 2.26. The number of amides is 3. The molecule has 204 valence electrons. The van der Waals surface area contributed by atoms with Crippen molar-refractivity contribution in [2.24, 2.45) is 0 Å². The summed E-state index contributed by atoms with van der Waals surface area (Å²) < 4.78 is 1.77. The summed E-state index contributed by atoms with van der Waals surface area (Å²) in [6.45, 7) is 3.75. The van der Waals surface area contributed by atoms with E-state index in [4.69, 9.17) is 5.11 Å². The number of carbonyl (C=O) groups excluding carboxylic acids is 2. The van der Waals surface area contributed by atoms with E-state index in [1.807, 2.05) is 54.7 Å². The lowest BCUT2D eigenvalue weighted by molar-refractivity contribution is -0.138. The number of rotatable bonds is 7. The standard InChI is InChI=1S/C28H32N6O5/c1-28(2,32-27(38)39)25(36)30-22(15-17-16-29-20-8-4-3-7-19(17)20)24(35)33-13-11-18(12-14-33)34-23-10-6-5-9-21(23)31-26(34)37/h3-10,16,18,22,29,32H,11-15H2,1-2H3,(H,30,36)(H,31,37)(H,38,39)/t22-/m1/s1. The molecule has 3 amide bonds. The summed E-state index contributed by atoms with van der Waals surface area (Å²) in [5, 5.41) is 15.1. The third kappa shape index (κ3) is 5.25. The third-order valence-electron chi connectivity index (χ3n) is 7.45. The number of benzene rings is 2. The number of nitrogens with zero attached hydrogens (tertiary/aromatic N) is 2. The van der Waals surface area contributed by atoms with Crippen molar-refractivity contribution in [1.29, 1.82) is 0 Å². The van der Waals surface area contributed by atoms with E-state index in [-0.39, 0.29) is 24.1 Å². The van der Waals surface area contributed by atoms with E-state index in [2.05, 4.69) is 20.6 Å². The van der Waals surface area contributed by atoms with E-state index in [1.54, 1.807) is 9.47 Å². The summed E-state index contributed by atoms with van der Waals surface area (Å²) in [5.41, 5.74) is 1.80. The van der Waals surface area contributed by atoms with Crippen LogP contribution in [-0.2, 0) is 16.0 Å². The number of piperidine rings is 1. The normalized spacial score (nSPS) is 15.4. The summed E-state index contributed by atoms with van der Waals surface area (Å²) in [6, 6.07) is 14.3. The van der Waals surface area contributed by atoms with Gasteiger partial charge in [-0.3, -0.25) is 14.2 Å². The van der Waals surface area contributed by atoms with E-state index < -0.39 is 23.6 Å². The Kier molecular flexibility index (Phi) is 6.90. The fourth-order valence-electron chi connectivity index (χ4n) is 5.38. The van der Waals surface area contributed by atoms with Crippen LogP contribution in [0.15, 0.2) is 59.5 Å². The summed E-state index contributed by atoms with van der Waals surface area (Å²) in [6.07, 6.45) is 1.91. The quantitative estimate of drug-likeness (QED) is 0.248. The van der Waals surface area contributed by atoms with E-state index in [1.165, 1.54) is 13.8 Å². The number of carboxylic acid groups (broad SMARTS) is 1. The van der Waals surface area contributed by atoms with Gasteiger partial charge in [0.25, 0.3) is 0 Å². The van der Waals surface area contributed by atoms with Crippen molar-refractivity contribution in [3.8, 4) is 0 Å². The first-order valence-corrected chi connectivity index (χ1v) is 13.0. The van der Waals surface area contributed by atoms with Crippen LogP contribution in [0.3, 0.4) is 0 Å². The molecule has 4 aromatic rings. The highest BCUT2D eigenvalue weighted by Gasteiger charge is 2.36. The van der Waals surface area contributed by atoms with Gasteiger partial charge in [-0.2, -0.15) is 0 Å². The van der Waals surface area contributed by atoms with E-state index in [0.717, 1.165) is 27.5 Å². The molecule has 0 aliphatic carbocycles. The number of imidazole rings is 1. The van der Waals surface area contributed by atoms with Gasteiger partial charge in [0.15, 0.2) is 0 Å². The van der Waals surface area contributed by atoms with Gasteiger partial charge in [0.05, 0.1) is 11.0 Å². The van der Waals surface area contributed by atoms with Gasteiger partial charge in [-0.1, -0.05) is 30.3 Å². The lowest BCUT2D eigenvalue weighted by atomic mass is 9.98. The number of aromatic amines is 2. The van der Waals surface area contributed by atoms with Crippen LogP contribution in [0.1, 0.15) is 38.3 Å². The number of hydrogen-bond acceptors (Lipinski definition) is 4. The minimum atomic E-state index is -1.44. The smallest absolute Gasteiger partial charge is 0.405 e. The highest BCUT2D eigenvalue weighted by atomic mass is 16.4. The molecule has 39 heavy (non-hydrogen) atoms. The Morgan fingerprint density at radius 2 is 1.72 bits per heavy atom. The van der Waals surface area contributed by atoms with Crippen molar-refractivity contribution in [2.45, 2.75) is 50.7 Å². The predicted molar refractivity (Wildman–Crippen MR) is 147 cm³/mol. The second-order valence-corrected chi connectivity index (χ2v) is 10.5. The average molecular weight is 533 g/mol. The van der Waals surface area contributed by atoms with Gasteiger partial charge in [-0.15, -0.1) is 0 Å². The van der Waals surface area contributed by atoms with Crippen molar-refractivity contribution >= 4 is 39.8 Å². The summed E-state index contributed by atoms with van der Waals surface area (Å²) in [4.78, 5) is 58.6. The SMILES string of the molecule is CC(C)(NC(=O)O)C(=O)N[C@H](Cc1c[nH]c2ccccc12)C(=O)N1CCC(n2c(=O)[nH]c3ccccc32)CC1. The zero-order valence-corrected chi connectivity index (χ0v) is 21.9. The van der Waals surface area contributed by atoms with Crippen molar-refractivity contribution in [2.75, 3.05) is 13.1 Å². The summed E-state index contributed by atoms with van der Waals surface area (Å²) in [5.74, 6) is -0.840. The van der Waals surface area contributed by atoms with Crippen LogP contribution in [0.2, 0.25) is 0 Å². The van der Waals surface area contributed by atoms with Crippen molar-refractivity contribution < 1.29 is 19.5 Å². The van der Waals surface area contributed by atoms with Crippen LogP contribution in [0.5, 0.6) is 0 Å². The number of hydrogen-bond donors (Lipinski definition) is 5. The maximum Gasteiger partial charge on any atom is 0.405 e. The van der Waals surface area contributed by atoms with Crippen molar-refractivity contribution in [3.63, 3.8) is 0 Å². The number of H-pyrrole nitrogens is 2. The number of para-hydroxylation sites is 3. The third-order valence-corrected chi connectivity index (χ3v) is 7.45. The molecule has 11 nitrogen and oxygen atoms in total. The molecule has 0 saturated carbocycles. The van der Waals surface area contributed by atoms with Gasteiger partial charge in [0, 0.05) is 42.7 Å². The molecule has 3 heterocycles. The van der Waals surface area contributed by atoms with Crippen LogP contribution >= 0.6 is 0 Å². The van der Waals surface area contributed by atoms with Crippen molar-refractivity contribution in [3.05, 3.63) is 70.8 Å². The number of likely N-dealkylation sites (tertiary alicyclic amines) is 1. The lowest BCUT2D eigenvalue weighted by Gasteiger charge is -2.35. The van der Waals surface area contributed by atoms with Crippen LogP contribution in [0.25, 0.3) is 21.9 Å². The van der Waals surface area contributed by atoms with Crippen molar-refractivity contribution in [1.82, 2.24) is 30.1 Å². The maximum atomic E-state index is 13.8. The summed E-state index contributed by atoms with van der Waals surface area (Å²) >= 11 is 0. The Balaban J connectivity index is 1.35. The van der Waals surface area contributed by atoms with Crippen LogP contribution < -0.4 is 16.3 Å². The van der Waals surface area contributed by atoms with Gasteiger partial charge in [-0.25, -0.2) is 9.59 Å². The molecule has 2 aromatic heterocycles. The molecule has 5 N–H and O–H groups in total. The van der Waals surface area contributed by atoms with Crippen LogP contribution in [0.4, 0.5) is 4.79 Å². The van der Waals surface area contributed by atoms with Gasteiger partial charge in [-0.05, 0) is 50.5 Å². The topological polar surface area (TPSA) is 152 Å². The van der Waals surface area contributed by atoms with E-state index in [0.29, 0.717) is 25.9 Å². The largest absolute Gasteiger partial charge is 0.465 e. The number of aromatic nitrogens is 3. The Bertz CT molecular complexity index is 1590. The maximum absolute atomic E-state index is 13.8. The van der Waals surface area contributed by atoms with Gasteiger partial charge >= 0.3 is 11.8 Å². The Morgan fingerprint density at radius 3 is 2.44 bits per heavy atom. The molecule has 11 heteroatoms. The Labute approximate surface area is 224 Å². The lowest BCUT2D eigenvalue weighted by Crippen LogP contribution is -2.60. The molecule has 1 saturated heterocycles. The molecule has 0 bridgehead atoms. The molecular formula is C28H32N6O5. The van der Waals surface area contributed by atoms with Crippen LogP contribution in [-0.4, -0.2) is 67.1 Å². The molecule has 0 unspecified atom stereocenters. The van der Waals surface area contributed by atoms with Gasteiger partial charge in [0.1, 0.15) is 11.6 Å². The first-order valence-electron chi connectivity index (χ1n) is 13.0. The minimum absolute atomic E-state index is 0.0574. The first-order chi connectivity index (χ1) is 18.6. The fourth-order valence-corrected chi connectivity index (χ4v) is 5.38. The molecule has 1 fully saturated rings. The number of nitrogens with one attached hydrogen (secondary N) is 4. The Morgan fingerprint density at radius 1 is 1.05 bits per heavy atom. The minimum Gasteiger partial charge on any atom is -0.465 e. The molecule has 5 rings (SSSR count). The number of fused-ring (bicyclic) bond motifs is 2. The Hall–Kier alpha value is -4.54. The number of carbonyl (C=O) groups is 3. The molecule has 2 aromatic carbocycles. The van der Waals surface area contributed by atoms with Gasteiger partial charge < -0.3 is 30.6 Å². The highest BCUT2D eigenvalue weighted by molar-refractivity contribution is 5.94. The monoisotopic (exact) mass is 532 g/mol. The molecule has 0 radical (unpaired) electrons. The zero-order valence-electron chi connectivity index (χ0n) is 21.9. The average Bonchev–Trinajstić information content (AvgIpc) is 3.47. The van der Waals surface area contributed by atoms with E-state index in [9.17, 15) is 19.2 Å². The predicted octanol–water partition coefficient (Wildman–Crippen LogP) is 2.75. The van der Waals surface area contributed by atoms with Crippen LogP contribution in [0, 0.1) is 0 Å². The molecule has 0 spiro atoms. The van der Waals surface area contributed by atoms with Gasteiger partial charge in [0.2, 0.25) is 11.8 Å².